The fraction of sp³-hybridized carbons (Fsp3) is 0.294. The minimum Gasteiger partial charge on any atom is -0.493 e. The molecule has 0 atom stereocenters. The van der Waals surface area contributed by atoms with Crippen LogP contribution in [0.4, 0.5) is 11.4 Å². The maximum atomic E-state index is 5.72. The third-order valence-electron chi connectivity index (χ3n) is 3.93. The molecule has 0 saturated carbocycles. The molecular weight excluding hydrogens is 250 g/mol. The van der Waals surface area contributed by atoms with Crippen molar-refractivity contribution in [1.82, 2.24) is 0 Å². The van der Waals surface area contributed by atoms with Crippen molar-refractivity contribution in [3.8, 4) is 5.75 Å². The maximum absolute atomic E-state index is 5.72. The molecule has 2 aromatic rings. The number of aryl methyl sites for hydroxylation is 1. The first-order valence-electron chi connectivity index (χ1n) is 7.11. The molecule has 2 aliphatic rings. The number of fused-ring (bicyclic) bond motifs is 2. The van der Waals surface area contributed by atoms with Gasteiger partial charge in [-0.2, -0.15) is 0 Å². The molecular formula is C17H17NO2. The van der Waals surface area contributed by atoms with Gasteiger partial charge in [0.1, 0.15) is 5.75 Å². The van der Waals surface area contributed by atoms with Crippen LogP contribution in [0.3, 0.4) is 0 Å². The molecule has 0 aliphatic carbocycles. The standard InChI is InChI=1S/C17H17NO2/c1-2-12-3-5-16(9-17(12)20-7-1)18-15-6-4-13-10-19-11-14(13)8-15/h3-6,8-9,18H,1-2,7,10-11H2. The van der Waals surface area contributed by atoms with E-state index in [2.05, 4.69) is 41.7 Å². The molecule has 0 aromatic heterocycles. The van der Waals surface area contributed by atoms with Crippen LogP contribution >= 0.6 is 0 Å². The van der Waals surface area contributed by atoms with Crippen LogP contribution in [-0.2, 0) is 24.4 Å². The maximum Gasteiger partial charge on any atom is 0.124 e. The van der Waals surface area contributed by atoms with Gasteiger partial charge in [0.25, 0.3) is 0 Å². The van der Waals surface area contributed by atoms with E-state index in [-0.39, 0.29) is 0 Å². The summed E-state index contributed by atoms with van der Waals surface area (Å²) in [6.45, 7) is 2.28. The molecule has 2 aliphatic heterocycles. The highest BCUT2D eigenvalue weighted by atomic mass is 16.5. The van der Waals surface area contributed by atoms with Crippen LogP contribution in [0.2, 0.25) is 0 Å². The van der Waals surface area contributed by atoms with Gasteiger partial charge in [-0.1, -0.05) is 12.1 Å². The van der Waals surface area contributed by atoms with E-state index in [1.165, 1.54) is 16.7 Å². The monoisotopic (exact) mass is 267 g/mol. The Balaban J connectivity index is 1.59. The van der Waals surface area contributed by atoms with E-state index in [9.17, 15) is 0 Å². The number of ether oxygens (including phenoxy) is 2. The van der Waals surface area contributed by atoms with E-state index in [1.807, 2.05) is 0 Å². The quantitative estimate of drug-likeness (QED) is 0.898. The van der Waals surface area contributed by atoms with Crippen molar-refractivity contribution in [2.24, 2.45) is 0 Å². The number of anilines is 2. The molecule has 0 spiro atoms. The minimum atomic E-state index is 0.720. The average molecular weight is 267 g/mol. The Hall–Kier alpha value is -2.00. The topological polar surface area (TPSA) is 30.5 Å². The van der Waals surface area contributed by atoms with E-state index in [0.717, 1.165) is 49.8 Å². The number of nitrogens with one attached hydrogen (secondary N) is 1. The molecule has 2 aromatic carbocycles. The highest BCUT2D eigenvalue weighted by Crippen LogP contribution is 2.30. The lowest BCUT2D eigenvalue weighted by atomic mass is 10.1. The van der Waals surface area contributed by atoms with Gasteiger partial charge in [0.05, 0.1) is 19.8 Å². The first-order valence-corrected chi connectivity index (χ1v) is 7.11. The van der Waals surface area contributed by atoms with Gasteiger partial charge in [-0.25, -0.2) is 0 Å². The second-order valence-corrected chi connectivity index (χ2v) is 5.38. The highest BCUT2D eigenvalue weighted by molar-refractivity contribution is 5.63. The van der Waals surface area contributed by atoms with Crippen molar-refractivity contribution < 1.29 is 9.47 Å². The lowest BCUT2D eigenvalue weighted by molar-refractivity contribution is 0.134. The predicted octanol–water partition coefficient (Wildman–Crippen LogP) is 3.79. The fourth-order valence-electron chi connectivity index (χ4n) is 2.83. The summed E-state index contributed by atoms with van der Waals surface area (Å²) in [5, 5.41) is 3.45. The molecule has 3 nitrogen and oxygen atoms in total. The summed E-state index contributed by atoms with van der Waals surface area (Å²) in [6.07, 6.45) is 2.23. The van der Waals surface area contributed by atoms with E-state index in [1.54, 1.807) is 0 Å². The predicted molar refractivity (Wildman–Crippen MR) is 78.5 cm³/mol. The zero-order valence-electron chi connectivity index (χ0n) is 11.3. The molecule has 0 saturated heterocycles. The number of hydrogen-bond donors (Lipinski definition) is 1. The Morgan fingerprint density at radius 2 is 1.65 bits per heavy atom. The van der Waals surface area contributed by atoms with Crippen LogP contribution in [0.25, 0.3) is 0 Å². The summed E-state index contributed by atoms with van der Waals surface area (Å²) in [5.41, 5.74) is 6.06. The third-order valence-corrected chi connectivity index (χ3v) is 3.93. The van der Waals surface area contributed by atoms with Crippen molar-refractivity contribution in [1.29, 1.82) is 0 Å². The summed E-state index contributed by atoms with van der Waals surface area (Å²) < 4.78 is 11.2. The minimum absolute atomic E-state index is 0.720. The van der Waals surface area contributed by atoms with E-state index >= 15 is 0 Å². The number of hydrogen-bond acceptors (Lipinski definition) is 3. The normalized spacial score (nSPS) is 16.2. The van der Waals surface area contributed by atoms with Crippen molar-refractivity contribution in [2.45, 2.75) is 26.1 Å². The largest absolute Gasteiger partial charge is 0.493 e. The molecule has 102 valence electrons. The van der Waals surface area contributed by atoms with Gasteiger partial charge in [0, 0.05) is 17.4 Å². The SMILES string of the molecule is c1cc2c(cc1Nc1ccc3c(c1)OCCC3)COC2. The van der Waals surface area contributed by atoms with Crippen LogP contribution in [-0.4, -0.2) is 6.61 Å². The van der Waals surface area contributed by atoms with E-state index in [4.69, 9.17) is 9.47 Å². The van der Waals surface area contributed by atoms with Crippen LogP contribution < -0.4 is 10.1 Å². The highest BCUT2D eigenvalue weighted by Gasteiger charge is 2.13. The number of benzene rings is 2. The van der Waals surface area contributed by atoms with Crippen molar-refractivity contribution in [3.63, 3.8) is 0 Å². The third kappa shape index (κ3) is 2.14. The van der Waals surface area contributed by atoms with Gasteiger partial charge in [-0.15, -0.1) is 0 Å². The Morgan fingerprint density at radius 3 is 2.60 bits per heavy atom. The lowest BCUT2D eigenvalue weighted by Crippen LogP contribution is -2.08. The zero-order valence-corrected chi connectivity index (χ0v) is 11.3. The zero-order chi connectivity index (χ0) is 13.4. The van der Waals surface area contributed by atoms with Crippen LogP contribution in [0.5, 0.6) is 5.75 Å². The van der Waals surface area contributed by atoms with Gasteiger partial charge in [0.15, 0.2) is 0 Å². The van der Waals surface area contributed by atoms with Gasteiger partial charge < -0.3 is 14.8 Å². The molecule has 3 heteroatoms. The molecule has 0 radical (unpaired) electrons. The molecule has 0 amide bonds. The van der Waals surface area contributed by atoms with E-state index < -0.39 is 0 Å². The van der Waals surface area contributed by atoms with Crippen molar-refractivity contribution in [3.05, 3.63) is 53.1 Å². The van der Waals surface area contributed by atoms with Crippen molar-refractivity contribution >= 4 is 11.4 Å². The van der Waals surface area contributed by atoms with Crippen molar-refractivity contribution in [2.75, 3.05) is 11.9 Å². The molecule has 0 fully saturated rings. The van der Waals surface area contributed by atoms with Gasteiger partial charge in [-0.3, -0.25) is 0 Å². The first-order chi connectivity index (χ1) is 9.88. The number of rotatable bonds is 2. The van der Waals surface area contributed by atoms with E-state index in [0.29, 0.717) is 0 Å². The summed E-state index contributed by atoms with van der Waals surface area (Å²) in [5.74, 6) is 1.02. The van der Waals surface area contributed by atoms with Crippen LogP contribution in [0, 0.1) is 0 Å². The Kier molecular flexibility index (Phi) is 2.85. The lowest BCUT2D eigenvalue weighted by Gasteiger charge is -2.18. The van der Waals surface area contributed by atoms with Gasteiger partial charge in [-0.05, 0) is 47.7 Å². The smallest absolute Gasteiger partial charge is 0.124 e. The summed E-state index contributed by atoms with van der Waals surface area (Å²) >= 11 is 0. The molecule has 20 heavy (non-hydrogen) atoms. The molecule has 1 N–H and O–H groups in total. The Morgan fingerprint density at radius 1 is 0.850 bits per heavy atom. The Labute approximate surface area is 118 Å². The second-order valence-electron chi connectivity index (χ2n) is 5.38. The molecule has 4 rings (SSSR count). The first kappa shape index (κ1) is 11.8. The Bertz CT molecular complexity index is 651. The molecule has 0 bridgehead atoms. The second kappa shape index (κ2) is 4.84. The molecule has 0 unspecified atom stereocenters. The summed E-state index contributed by atoms with van der Waals surface area (Å²) in [4.78, 5) is 0. The van der Waals surface area contributed by atoms with Gasteiger partial charge in [0.2, 0.25) is 0 Å². The summed E-state index contributed by atoms with van der Waals surface area (Å²) in [6, 6.07) is 12.8. The molecule has 2 heterocycles. The van der Waals surface area contributed by atoms with Gasteiger partial charge >= 0.3 is 0 Å². The van der Waals surface area contributed by atoms with Crippen LogP contribution in [0.1, 0.15) is 23.1 Å². The van der Waals surface area contributed by atoms with Crippen LogP contribution in [0.15, 0.2) is 36.4 Å². The average Bonchev–Trinajstić information content (AvgIpc) is 2.95. The summed E-state index contributed by atoms with van der Waals surface area (Å²) in [7, 11) is 0. The fourth-order valence-corrected chi connectivity index (χ4v) is 2.83.